The van der Waals surface area contributed by atoms with Crippen molar-refractivity contribution in [3.8, 4) is 22.7 Å². The maximum atomic E-state index is 13.5. The molecular weight excluding hydrogens is 402 g/mol. The van der Waals surface area contributed by atoms with Crippen molar-refractivity contribution in [3.05, 3.63) is 65.3 Å². The van der Waals surface area contributed by atoms with Gasteiger partial charge in [0.2, 0.25) is 0 Å². The molecule has 3 aromatic rings. The van der Waals surface area contributed by atoms with Crippen molar-refractivity contribution in [2.45, 2.75) is 26.1 Å². The van der Waals surface area contributed by atoms with Gasteiger partial charge in [-0.3, -0.25) is 4.79 Å². The number of rotatable bonds is 4. The number of nitrogens with zero attached hydrogens (tertiary/aromatic N) is 3. The number of methoxy groups -OCH3 is 1. The van der Waals surface area contributed by atoms with Gasteiger partial charge in [0, 0.05) is 23.7 Å². The molecule has 1 amide bonds. The summed E-state index contributed by atoms with van der Waals surface area (Å²) in [5.41, 5.74) is 2.84. The zero-order chi connectivity index (χ0) is 21.3. The molecule has 1 aliphatic heterocycles. The van der Waals surface area contributed by atoms with Crippen molar-refractivity contribution in [1.82, 2.24) is 14.7 Å². The Morgan fingerprint density at radius 1 is 1.10 bits per heavy atom. The monoisotopic (exact) mass is 425 g/mol. The summed E-state index contributed by atoms with van der Waals surface area (Å²) >= 11 is 6.06. The zero-order valence-electron chi connectivity index (χ0n) is 17.2. The fraction of sp³-hybridized carbons (Fsp3) is 0.304. The van der Waals surface area contributed by atoms with Crippen LogP contribution in [0, 0.1) is 0 Å². The van der Waals surface area contributed by atoms with E-state index >= 15 is 0 Å². The zero-order valence-corrected chi connectivity index (χ0v) is 18.0. The van der Waals surface area contributed by atoms with Crippen LogP contribution in [0.15, 0.2) is 54.6 Å². The van der Waals surface area contributed by atoms with Crippen molar-refractivity contribution in [2.75, 3.05) is 20.2 Å². The van der Waals surface area contributed by atoms with Crippen molar-refractivity contribution < 1.29 is 14.3 Å². The van der Waals surface area contributed by atoms with Crippen LogP contribution in [-0.4, -0.2) is 53.0 Å². The summed E-state index contributed by atoms with van der Waals surface area (Å²) in [6.07, 6.45) is -0.0232. The average Bonchev–Trinajstić information content (AvgIpc) is 3.18. The fourth-order valence-corrected chi connectivity index (χ4v) is 3.87. The van der Waals surface area contributed by atoms with Crippen LogP contribution >= 0.6 is 11.6 Å². The van der Waals surface area contributed by atoms with Crippen molar-refractivity contribution in [3.63, 3.8) is 0 Å². The number of halogens is 1. The lowest BCUT2D eigenvalue weighted by Crippen LogP contribution is -2.48. The standard InChI is InChI=1S/C23H24ClN3O3/c1-15-13-26(14-16(2)30-15)23(28)22-12-21(17-5-4-6-20(11-17)29-3)25-27(22)19-9-7-18(24)8-10-19/h4-12,15-16H,13-14H2,1-3H3. The number of benzene rings is 2. The van der Waals surface area contributed by atoms with Crippen LogP contribution in [0.2, 0.25) is 5.02 Å². The average molecular weight is 426 g/mol. The second-order valence-electron chi connectivity index (χ2n) is 7.50. The molecule has 2 unspecified atom stereocenters. The number of ether oxygens (including phenoxy) is 2. The van der Waals surface area contributed by atoms with E-state index in [0.717, 1.165) is 17.0 Å². The summed E-state index contributed by atoms with van der Waals surface area (Å²) < 4.78 is 12.8. The minimum absolute atomic E-state index is 0.0116. The maximum absolute atomic E-state index is 13.5. The second-order valence-corrected chi connectivity index (χ2v) is 7.94. The highest BCUT2D eigenvalue weighted by Crippen LogP contribution is 2.27. The van der Waals surface area contributed by atoms with E-state index in [4.69, 9.17) is 26.2 Å². The molecule has 7 heteroatoms. The van der Waals surface area contributed by atoms with Crippen LogP contribution < -0.4 is 4.74 Å². The molecule has 2 aromatic carbocycles. The molecule has 0 saturated carbocycles. The van der Waals surface area contributed by atoms with Crippen LogP contribution in [0.5, 0.6) is 5.75 Å². The van der Waals surface area contributed by atoms with E-state index in [1.54, 1.807) is 23.9 Å². The van der Waals surface area contributed by atoms with Crippen molar-refractivity contribution in [2.24, 2.45) is 0 Å². The molecule has 2 atom stereocenters. The molecule has 1 fully saturated rings. The lowest BCUT2D eigenvalue weighted by Gasteiger charge is -2.35. The van der Waals surface area contributed by atoms with E-state index in [0.29, 0.717) is 29.5 Å². The smallest absolute Gasteiger partial charge is 0.272 e. The molecule has 0 N–H and O–H groups in total. The van der Waals surface area contributed by atoms with Crippen molar-refractivity contribution >= 4 is 17.5 Å². The predicted octanol–water partition coefficient (Wildman–Crippen LogP) is 4.45. The first-order valence-corrected chi connectivity index (χ1v) is 10.3. The molecule has 6 nitrogen and oxygen atoms in total. The molecule has 1 saturated heterocycles. The molecule has 30 heavy (non-hydrogen) atoms. The van der Waals surface area contributed by atoms with Gasteiger partial charge >= 0.3 is 0 Å². The van der Waals surface area contributed by atoms with Crippen LogP contribution in [0.3, 0.4) is 0 Å². The molecule has 0 spiro atoms. The molecule has 4 rings (SSSR count). The molecule has 0 bridgehead atoms. The highest BCUT2D eigenvalue weighted by Gasteiger charge is 2.29. The lowest BCUT2D eigenvalue weighted by molar-refractivity contribution is -0.0588. The summed E-state index contributed by atoms with van der Waals surface area (Å²) in [4.78, 5) is 15.3. The fourth-order valence-electron chi connectivity index (χ4n) is 3.74. The van der Waals surface area contributed by atoms with Gasteiger partial charge in [0.25, 0.3) is 5.91 Å². The number of carbonyl (C=O) groups excluding carboxylic acids is 1. The third-order valence-electron chi connectivity index (χ3n) is 5.07. The molecule has 156 valence electrons. The first-order valence-electron chi connectivity index (χ1n) is 9.90. The van der Waals surface area contributed by atoms with Gasteiger partial charge in [-0.25, -0.2) is 4.68 Å². The van der Waals surface area contributed by atoms with Crippen LogP contribution in [0.25, 0.3) is 16.9 Å². The van der Waals surface area contributed by atoms with E-state index in [9.17, 15) is 4.79 Å². The second kappa shape index (κ2) is 8.50. The van der Waals surface area contributed by atoms with E-state index in [-0.39, 0.29) is 18.1 Å². The van der Waals surface area contributed by atoms with Gasteiger partial charge in [-0.1, -0.05) is 23.7 Å². The van der Waals surface area contributed by atoms with E-state index in [1.165, 1.54) is 0 Å². The molecule has 2 heterocycles. The quantitative estimate of drug-likeness (QED) is 0.619. The van der Waals surface area contributed by atoms with Crippen LogP contribution in [0.1, 0.15) is 24.3 Å². The van der Waals surface area contributed by atoms with Gasteiger partial charge in [-0.05, 0) is 56.3 Å². The van der Waals surface area contributed by atoms with Crippen molar-refractivity contribution in [1.29, 1.82) is 0 Å². The Hall–Kier alpha value is -2.83. The van der Waals surface area contributed by atoms with Gasteiger partial charge < -0.3 is 14.4 Å². The molecular formula is C23H24ClN3O3. The Labute approximate surface area is 181 Å². The highest BCUT2D eigenvalue weighted by atomic mass is 35.5. The van der Waals surface area contributed by atoms with E-state index < -0.39 is 0 Å². The van der Waals surface area contributed by atoms with Gasteiger partial charge in [-0.2, -0.15) is 5.10 Å². The number of morpholine rings is 1. The summed E-state index contributed by atoms with van der Waals surface area (Å²) in [5.74, 6) is 0.658. The number of hydrogen-bond acceptors (Lipinski definition) is 4. The van der Waals surface area contributed by atoms with E-state index in [2.05, 4.69) is 0 Å². The van der Waals surface area contributed by atoms with Gasteiger partial charge in [0.1, 0.15) is 11.4 Å². The largest absolute Gasteiger partial charge is 0.497 e. The minimum atomic E-state index is -0.0754. The molecule has 1 aromatic heterocycles. The molecule has 0 aliphatic carbocycles. The number of carbonyl (C=O) groups is 1. The van der Waals surface area contributed by atoms with Crippen LogP contribution in [-0.2, 0) is 4.74 Å². The molecule has 0 radical (unpaired) electrons. The third-order valence-corrected chi connectivity index (χ3v) is 5.32. The highest BCUT2D eigenvalue weighted by molar-refractivity contribution is 6.30. The summed E-state index contributed by atoms with van der Waals surface area (Å²) in [7, 11) is 1.63. The Balaban J connectivity index is 1.78. The Morgan fingerprint density at radius 2 is 1.80 bits per heavy atom. The third kappa shape index (κ3) is 4.20. The maximum Gasteiger partial charge on any atom is 0.272 e. The topological polar surface area (TPSA) is 56.6 Å². The van der Waals surface area contributed by atoms with Gasteiger partial charge in [0.05, 0.1) is 30.7 Å². The lowest BCUT2D eigenvalue weighted by atomic mass is 10.1. The first-order chi connectivity index (χ1) is 14.4. The minimum Gasteiger partial charge on any atom is -0.497 e. The SMILES string of the molecule is COc1cccc(-c2cc(C(=O)N3CC(C)OC(C)C3)n(-c3ccc(Cl)cc3)n2)c1. The normalized spacial score (nSPS) is 19.0. The number of amides is 1. The predicted molar refractivity (Wildman–Crippen MR) is 116 cm³/mol. The first kappa shape index (κ1) is 20.4. The number of hydrogen-bond donors (Lipinski definition) is 0. The van der Waals surface area contributed by atoms with Crippen LogP contribution in [0.4, 0.5) is 0 Å². The Bertz CT molecular complexity index is 1040. The summed E-state index contributed by atoms with van der Waals surface area (Å²) in [6.45, 7) is 5.05. The number of aromatic nitrogens is 2. The Morgan fingerprint density at radius 3 is 2.47 bits per heavy atom. The van der Waals surface area contributed by atoms with Gasteiger partial charge in [0.15, 0.2) is 0 Å². The van der Waals surface area contributed by atoms with Gasteiger partial charge in [-0.15, -0.1) is 0 Å². The Kier molecular flexibility index (Phi) is 5.79. The summed E-state index contributed by atoms with van der Waals surface area (Å²) in [6, 6.07) is 16.7. The molecule has 1 aliphatic rings. The van der Waals surface area contributed by atoms with E-state index in [1.807, 2.05) is 61.2 Å². The summed E-state index contributed by atoms with van der Waals surface area (Å²) in [5, 5.41) is 5.38.